The van der Waals surface area contributed by atoms with Crippen molar-refractivity contribution in [1.82, 2.24) is 20.0 Å². The van der Waals surface area contributed by atoms with E-state index in [0.717, 1.165) is 34.7 Å². The van der Waals surface area contributed by atoms with Crippen LogP contribution in [-0.2, 0) is 22.6 Å². The van der Waals surface area contributed by atoms with Gasteiger partial charge in [0.25, 0.3) is 0 Å². The Morgan fingerprint density at radius 3 is 2.44 bits per heavy atom. The van der Waals surface area contributed by atoms with Crippen LogP contribution in [0.1, 0.15) is 49.7 Å². The minimum absolute atomic E-state index is 0.0178. The number of hydrogen-bond acceptors (Lipinski definition) is 3. The van der Waals surface area contributed by atoms with Crippen molar-refractivity contribution in [3.8, 4) is 0 Å². The fraction of sp³-hybridized carbons (Fsp3) is 0.441. The lowest BCUT2D eigenvalue weighted by Gasteiger charge is -2.43. The van der Waals surface area contributed by atoms with Crippen molar-refractivity contribution in [2.75, 3.05) is 26.2 Å². The Morgan fingerprint density at radius 1 is 0.854 bits per heavy atom. The van der Waals surface area contributed by atoms with Gasteiger partial charge in [0.15, 0.2) is 0 Å². The highest BCUT2D eigenvalue weighted by atomic mass is 16.2. The Hall–Kier alpha value is -3.87. The van der Waals surface area contributed by atoms with Crippen LogP contribution >= 0.6 is 0 Å². The summed E-state index contributed by atoms with van der Waals surface area (Å²) < 4.78 is 0. The molecule has 7 heteroatoms. The quantitative estimate of drug-likeness (QED) is 0.457. The molecule has 1 aliphatic carbocycles. The first-order valence-corrected chi connectivity index (χ1v) is 15.2. The van der Waals surface area contributed by atoms with Crippen molar-refractivity contribution in [3.05, 3.63) is 83.9 Å². The van der Waals surface area contributed by atoms with Crippen LogP contribution in [0.2, 0.25) is 0 Å². The molecule has 1 N–H and O–H groups in total. The number of rotatable bonds is 6. The Labute approximate surface area is 242 Å². The fourth-order valence-corrected chi connectivity index (χ4v) is 6.91. The number of carbonyl (C=O) groups excluding carboxylic acids is 3. The maximum Gasteiger partial charge on any atom is 0.319 e. The van der Waals surface area contributed by atoms with Gasteiger partial charge in [0.05, 0.1) is 12.5 Å². The summed E-state index contributed by atoms with van der Waals surface area (Å²) >= 11 is 0. The highest BCUT2D eigenvalue weighted by molar-refractivity contribution is 5.87. The summed E-state index contributed by atoms with van der Waals surface area (Å²) in [5, 5.41) is 5.43. The van der Waals surface area contributed by atoms with Gasteiger partial charge in [-0.25, -0.2) is 4.79 Å². The number of amides is 4. The van der Waals surface area contributed by atoms with E-state index >= 15 is 0 Å². The molecule has 3 aliphatic rings. The van der Waals surface area contributed by atoms with Crippen molar-refractivity contribution in [1.29, 1.82) is 0 Å². The van der Waals surface area contributed by atoms with Crippen LogP contribution < -0.4 is 5.32 Å². The first-order valence-electron chi connectivity index (χ1n) is 15.2. The molecule has 2 saturated heterocycles. The molecular formula is C34H40N4O3. The van der Waals surface area contributed by atoms with Crippen LogP contribution in [-0.4, -0.2) is 64.9 Å². The van der Waals surface area contributed by atoms with Crippen LogP contribution in [0, 0.1) is 11.8 Å². The van der Waals surface area contributed by atoms with Crippen molar-refractivity contribution in [3.63, 3.8) is 0 Å². The molecule has 2 atom stereocenters. The van der Waals surface area contributed by atoms with Crippen molar-refractivity contribution in [2.45, 2.75) is 57.7 Å². The number of carbonyl (C=O) groups is 3. The van der Waals surface area contributed by atoms with Gasteiger partial charge in [-0.1, -0.05) is 92.1 Å². The standard InChI is InChI=1S/C34H40N4O3/c39-32-18-19-37(34(41)35-21-26-12-5-2-6-13-26)31-24-36(22-28-16-9-15-27-14-7-8-17-30(27)28)33(40)29(23-38(31)32)20-25-10-3-1-4-11-25/h1,3-4,7-11,14-17,26,29,31H,2,5-6,12-13,18-24H2,(H,35,41)/t29-,31?/m1/s1. The second kappa shape index (κ2) is 12.3. The lowest BCUT2D eigenvalue weighted by Crippen LogP contribution is -2.62. The van der Waals surface area contributed by atoms with Gasteiger partial charge in [0, 0.05) is 32.6 Å². The topological polar surface area (TPSA) is 73.0 Å². The van der Waals surface area contributed by atoms with Gasteiger partial charge in [-0.3, -0.25) is 9.59 Å². The summed E-state index contributed by atoms with van der Waals surface area (Å²) in [4.78, 5) is 46.6. The number of nitrogens with zero attached hydrogens (tertiary/aromatic N) is 3. The molecule has 41 heavy (non-hydrogen) atoms. The second-order valence-corrected chi connectivity index (χ2v) is 11.9. The van der Waals surface area contributed by atoms with Crippen molar-refractivity contribution < 1.29 is 14.4 Å². The van der Waals surface area contributed by atoms with Gasteiger partial charge in [0.2, 0.25) is 11.8 Å². The average Bonchev–Trinajstić information content (AvgIpc) is 3.14. The second-order valence-electron chi connectivity index (χ2n) is 11.9. The van der Waals surface area contributed by atoms with Crippen molar-refractivity contribution in [2.24, 2.45) is 11.8 Å². The molecule has 0 radical (unpaired) electrons. The number of nitrogens with one attached hydrogen (secondary N) is 1. The maximum atomic E-state index is 14.2. The van der Waals surface area contributed by atoms with Crippen LogP contribution in [0.15, 0.2) is 72.8 Å². The van der Waals surface area contributed by atoms with E-state index < -0.39 is 6.17 Å². The number of benzene rings is 3. The molecule has 0 spiro atoms. The van der Waals surface area contributed by atoms with Gasteiger partial charge in [0.1, 0.15) is 6.17 Å². The lowest BCUT2D eigenvalue weighted by molar-refractivity contribution is -0.142. The highest BCUT2D eigenvalue weighted by Gasteiger charge is 2.44. The van der Waals surface area contributed by atoms with Crippen LogP contribution in [0.25, 0.3) is 10.8 Å². The van der Waals surface area contributed by atoms with Gasteiger partial charge in [-0.05, 0) is 47.1 Å². The fourth-order valence-electron chi connectivity index (χ4n) is 6.91. The molecule has 3 fully saturated rings. The molecule has 0 bridgehead atoms. The first kappa shape index (κ1) is 27.3. The largest absolute Gasteiger partial charge is 0.338 e. The molecule has 4 amide bonds. The molecule has 3 aromatic rings. The number of fused-ring (bicyclic) bond motifs is 2. The highest BCUT2D eigenvalue weighted by Crippen LogP contribution is 2.29. The maximum absolute atomic E-state index is 14.2. The zero-order valence-electron chi connectivity index (χ0n) is 23.7. The van der Waals surface area contributed by atoms with E-state index in [0.29, 0.717) is 45.1 Å². The van der Waals surface area contributed by atoms with Gasteiger partial charge in [-0.15, -0.1) is 0 Å². The van der Waals surface area contributed by atoms with E-state index in [2.05, 4.69) is 29.6 Å². The number of urea groups is 1. The summed E-state index contributed by atoms with van der Waals surface area (Å²) in [6, 6.07) is 24.3. The average molecular weight is 553 g/mol. The molecule has 1 unspecified atom stereocenters. The molecule has 2 aliphatic heterocycles. The van der Waals surface area contributed by atoms with Gasteiger partial charge < -0.3 is 20.0 Å². The van der Waals surface area contributed by atoms with Crippen LogP contribution in [0.4, 0.5) is 4.79 Å². The zero-order valence-corrected chi connectivity index (χ0v) is 23.7. The third kappa shape index (κ3) is 6.09. The van der Waals surface area contributed by atoms with E-state index in [-0.39, 0.29) is 30.2 Å². The van der Waals surface area contributed by atoms with E-state index in [1.54, 1.807) is 9.80 Å². The monoisotopic (exact) mass is 552 g/mol. The first-order chi connectivity index (χ1) is 20.1. The summed E-state index contributed by atoms with van der Waals surface area (Å²) in [5.41, 5.74) is 2.14. The molecule has 6 rings (SSSR count). The number of hydrogen-bond donors (Lipinski definition) is 1. The summed E-state index contributed by atoms with van der Waals surface area (Å²) in [6.45, 7) is 2.09. The molecule has 0 aromatic heterocycles. The summed E-state index contributed by atoms with van der Waals surface area (Å²) in [7, 11) is 0. The molecule has 2 heterocycles. The molecule has 3 aromatic carbocycles. The van der Waals surface area contributed by atoms with E-state index in [4.69, 9.17) is 0 Å². The van der Waals surface area contributed by atoms with E-state index in [9.17, 15) is 14.4 Å². The van der Waals surface area contributed by atoms with Crippen molar-refractivity contribution >= 4 is 28.6 Å². The molecule has 214 valence electrons. The minimum atomic E-state index is -0.484. The van der Waals surface area contributed by atoms with Crippen LogP contribution in [0.5, 0.6) is 0 Å². The lowest BCUT2D eigenvalue weighted by atomic mass is 9.89. The summed E-state index contributed by atoms with van der Waals surface area (Å²) in [5.74, 6) is 0.186. The third-order valence-corrected chi connectivity index (χ3v) is 9.16. The van der Waals surface area contributed by atoms with Gasteiger partial charge in [-0.2, -0.15) is 0 Å². The molecule has 7 nitrogen and oxygen atoms in total. The van der Waals surface area contributed by atoms with Gasteiger partial charge >= 0.3 is 6.03 Å². The Kier molecular flexibility index (Phi) is 8.21. The van der Waals surface area contributed by atoms with Crippen LogP contribution in [0.3, 0.4) is 0 Å². The Balaban J connectivity index is 1.29. The van der Waals surface area contributed by atoms with E-state index in [1.807, 2.05) is 53.4 Å². The normalized spacial score (nSPS) is 22.0. The third-order valence-electron chi connectivity index (χ3n) is 9.16. The minimum Gasteiger partial charge on any atom is -0.338 e. The Bertz CT molecular complexity index is 1380. The smallest absolute Gasteiger partial charge is 0.319 e. The van der Waals surface area contributed by atoms with E-state index in [1.165, 1.54) is 19.3 Å². The SMILES string of the molecule is O=C1[C@H](Cc2ccccc2)CN2C(=O)CCN(C(=O)NCC3CCCCC3)C2CN1Cc1cccc2ccccc12. The molecule has 1 saturated carbocycles. The molecular weight excluding hydrogens is 512 g/mol. The summed E-state index contributed by atoms with van der Waals surface area (Å²) in [6.07, 6.45) is 6.39. The predicted octanol–water partition coefficient (Wildman–Crippen LogP) is 5.19. The zero-order chi connectivity index (χ0) is 28.2. The predicted molar refractivity (Wildman–Crippen MR) is 160 cm³/mol. The Morgan fingerprint density at radius 2 is 1.61 bits per heavy atom.